The number of benzene rings is 1. The minimum atomic E-state index is -0.509. The van der Waals surface area contributed by atoms with Gasteiger partial charge in [-0.2, -0.15) is 4.99 Å². The molecule has 1 aromatic carbocycles. The van der Waals surface area contributed by atoms with Crippen LogP contribution in [0.2, 0.25) is 5.02 Å². The van der Waals surface area contributed by atoms with Crippen LogP contribution in [0.15, 0.2) is 23.2 Å². The van der Waals surface area contributed by atoms with E-state index in [9.17, 15) is 9.59 Å². The number of amidine groups is 1. The summed E-state index contributed by atoms with van der Waals surface area (Å²) < 4.78 is 10.0. The molecule has 1 aliphatic rings. The molecule has 0 radical (unpaired) electrons. The summed E-state index contributed by atoms with van der Waals surface area (Å²) in [6.07, 6.45) is -0.0896. The summed E-state index contributed by atoms with van der Waals surface area (Å²) in [4.78, 5) is 32.8. The van der Waals surface area contributed by atoms with Crippen molar-refractivity contribution < 1.29 is 23.9 Å². The molecule has 2 rings (SSSR count). The monoisotopic (exact) mass is 326 g/mol. The van der Waals surface area contributed by atoms with Gasteiger partial charge >= 0.3 is 0 Å². The predicted octanol–water partition coefficient (Wildman–Crippen LogP) is 1.84. The minimum absolute atomic E-state index is 0.182. The Morgan fingerprint density at radius 2 is 2.09 bits per heavy atom. The van der Waals surface area contributed by atoms with E-state index in [1.165, 1.54) is 14.2 Å². The number of nitrogens with zero attached hydrogens (tertiary/aromatic N) is 2. The third kappa shape index (κ3) is 3.75. The first-order valence-corrected chi connectivity index (χ1v) is 6.86. The zero-order valence-electron chi connectivity index (χ0n) is 12.2. The zero-order chi connectivity index (χ0) is 16.1. The van der Waals surface area contributed by atoms with E-state index in [4.69, 9.17) is 25.9 Å². The van der Waals surface area contributed by atoms with Gasteiger partial charge in [-0.05, 0) is 12.1 Å². The molecular formula is C14H15ClN2O5. The number of ether oxygens (including phenoxy) is 2. The molecule has 0 N–H and O–H groups in total. The van der Waals surface area contributed by atoms with Gasteiger partial charge in [-0.3, -0.25) is 9.59 Å². The highest BCUT2D eigenvalue weighted by Gasteiger charge is 2.30. The lowest BCUT2D eigenvalue weighted by Crippen LogP contribution is -2.44. The highest BCUT2D eigenvalue weighted by Crippen LogP contribution is 2.30. The van der Waals surface area contributed by atoms with Crippen molar-refractivity contribution in [3.63, 3.8) is 0 Å². The topological polar surface area (TPSA) is 77.4 Å². The molecule has 118 valence electrons. The SMILES string of the molecule is COCCC1=NC(=O)CC(=O)N1Oc1cc(OC)ccc1Cl. The molecule has 0 fully saturated rings. The van der Waals surface area contributed by atoms with E-state index < -0.39 is 11.8 Å². The van der Waals surface area contributed by atoms with E-state index in [2.05, 4.69) is 4.99 Å². The van der Waals surface area contributed by atoms with Crippen LogP contribution in [-0.2, 0) is 14.3 Å². The standard InChI is InChI=1S/C14H15ClN2O5/c1-20-6-5-12-16-13(18)8-14(19)17(12)22-11-7-9(21-2)3-4-10(11)15/h3-4,7H,5-6,8H2,1-2H3. The van der Waals surface area contributed by atoms with E-state index >= 15 is 0 Å². The van der Waals surface area contributed by atoms with Crippen LogP contribution in [0.1, 0.15) is 12.8 Å². The highest BCUT2D eigenvalue weighted by atomic mass is 35.5. The normalized spacial score (nSPS) is 14.9. The Hall–Kier alpha value is -2.12. The molecule has 8 heteroatoms. The molecule has 0 spiro atoms. The first-order valence-electron chi connectivity index (χ1n) is 6.49. The highest BCUT2D eigenvalue weighted by molar-refractivity contribution is 6.32. The average molecular weight is 327 g/mol. The Balaban J connectivity index is 2.26. The number of methoxy groups -OCH3 is 2. The van der Waals surface area contributed by atoms with Crippen LogP contribution in [0.25, 0.3) is 0 Å². The first-order chi connectivity index (χ1) is 10.5. The second-order valence-electron chi connectivity index (χ2n) is 4.42. The summed E-state index contributed by atoms with van der Waals surface area (Å²) in [6, 6.07) is 4.79. The second kappa shape index (κ2) is 7.24. The molecule has 7 nitrogen and oxygen atoms in total. The van der Waals surface area contributed by atoms with E-state index in [1.54, 1.807) is 18.2 Å². The summed E-state index contributed by atoms with van der Waals surface area (Å²) in [7, 11) is 3.01. The molecule has 0 unspecified atom stereocenters. The molecule has 0 aromatic heterocycles. The first kappa shape index (κ1) is 16.3. The maximum absolute atomic E-state index is 12.0. The summed E-state index contributed by atoms with van der Waals surface area (Å²) >= 11 is 6.05. The molecule has 1 heterocycles. The molecule has 0 bridgehead atoms. The zero-order valence-corrected chi connectivity index (χ0v) is 12.9. The molecule has 0 saturated carbocycles. The van der Waals surface area contributed by atoms with Gasteiger partial charge in [-0.25, -0.2) is 0 Å². The molecule has 1 aromatic rings. The number of hydroxylamine groups is 2. The van der Waals surface area contributed by atoms with Gasteiger partial charge in [-0.15, -0.1) is 5.06 Å². The van der Waals surface area contributed by atoms with Crippen LogP contribution in [-0.4, -0.2) is 43.5 Å². The van der Waals surface area contributed by atoms with Gasteiger partial charge < -0.3 is 14.3 Å². The van der Waals surface area contributed by atoms with Crippen LogP contribution >= 0.6 is 11.6 Å². The quantitative estimate of drug-likeness (QED) is 0.745. The fraction of sp³-hybridized carbons (Fsp3) is 0.357. The minimum Gasteiger partial charge on any atom is -0.497 e. The largest absolute Gasteiger partial charge is 0.497 e. The predicted molar refractivity (Wildman–Crippen MR) is 79.0 cm³/mol. The molecule has 0 atom stereocenters. The number of amides is 2. The second-order valence-corrected chi connectivity index (χ2v) is 4.82. The maximum Gasteiger partial charge on any atom is 0.270 e. The summed E-state index contributed by atoms with van der Waals surface area (Å²) in [5, 5.41) is 1.28. The maximum atomic E-state index is 12.0. The third-order valence-electron chi connectivity index (χ3n) is 2.87. The van der Waals surface area contributed by atoms with Gasteiger partial charge in [0.15, 0.2) is 11.6 Å². The summed E-state index contributed by atoms with van der Waals surface area (Å²) in [5.41, 5.74) is 0. The lowest BCUT2D eigenvalue weighted by atomic mass is 10.3. The van der Waals surface area contributed by atoms with Gasteiger partial charge in [-0.1, -0.05) is 11.6 Å². The lowest BCUT2D eigenvalue weighted by Gasteiger charge is -2.26. The number of carbonyl (C=O) groups excluding carboxylic acids is 2. The number of hydrogen-bond acceptors (Lipinski definition) is 5. The molecule has 0 aliphatic carbocycles. The van der Waals surface area contributed by atoms with Gasteiger partial charge in [0.1, 0.15) is 12.2 Å². The Kier molecular flexibility index (Phi) is 5.35. The number of aliphatic imine (C=N–C) groups is 1. The van der Waals surface area contributed by atoms with Gasteiger partial charge in [0.2, 0.25) is 0 Å². The summed E-state index contributed by atoms with van der Waals surface area (Å²) in [5.74, 6) is -0.0798. The average Bonchev–Trinajstić information content (AvgIpc) is 2.49. The van der Waals surface area contributed by atoms with Crippen LogP contribution in [0.3, 0.4) is 0 Å². The van der Waals surface area contributed by atoms with Gasteiger partial charge in [0.25, 0.3) is 11.8 Å². The van der Waals surface area contributed by atoms with Gasteiger partial charge in [0, 0.05) is 19.6 Å². The number of halogens is 1. The van der Waals surface area contributed by atoms with Crippen molar-refractivity contribution in [3.8, 4) is 11.5 Å². The molecule has 0 saturated heterocycles. The van der Waals surface area contributed by atoms with Crippen molar-refractivity contribution in [3.05, 3.63) is 23.2 Å². The van der Waals surface area contributed by atoms with Crippen LogP contribution in [0.4, 0.5) is 0 Å². The van der Waals surface area contributed by atoms with Crippen molar-refractivity contribution in [2.45, 2.75) is 12.8 Å². The number of hydrogen-bond donors (Lipinski definition) is 0. The van der Waals surface area contributed by atoms with Crippen LogP contribution < -0.4 is 9.57 Å². The van der Waals surface area contributed by atoms with Crippen LogP contribution in [0, 0.1) is 0 Å². The third-order valence-corrected chi connectivity index (χ3v) is 3.19. The van der Waals surface area contributed by atoms with E-state index in [0.717, 1.165) is 5.06 Å². The molecule has 2 amide bonds. The fourth-order valence-electron chi connectivity index (χ4n) is 1.81. The van der Waals surface area contributed by atoms with Gasteiger partial charge in [0.05, 0.1) is 18.7 Å². The molecule has 22 heavy (non-hydrogen) atoms. The Bertz CT molecular complexity index is 617. The fourth-order valence-corrected chi connectivity index (χ4v) is 1.96. The lowest BCUT2D eigenvalue weighted by molar-refractivity contribution is -0.148. The Morgan fingerprint density at radius 1 is 1.32 bits per heavy atom. The van der Waals surface area contributed by atoms with E-state index in [1.807, 2.05) is 0 Å². The Morgan fingerprint density at radius 3 is 2.77 bits per heavy atom. The Labute approximate surface area is 132 Å². The van der Waals surface area contributed by atoms with Crippen molar-refractivity contribution in [1.82, 2.24) is 5.06 Å². The number of rotatable bonds is 6. The van der Waals surface area contributed by atoms with Crippen molar-refractivity contribution in [2.24, 2.45) is 4.99 Å². The van der Waals surface area contributed by atoms with Crippen molar-refractivity contribution >= 4 is 29.3 Å². The van der Waals surface area contributed by atoms with Crippen LogP contribution in [0.5, 0.6) is 11.5 Å². The smallest absolute Gasteiger partial charge is 0.270 e. The summed E-state index contributed by atoms with van der Waals surface area (Å²) in [6.45, 7) is 0.297. The molecule has 1 aliphatic heterocycles. The number of carbonyl (C=O) groups is 2. The van der Waals surface area contributed by atoms with E-state index in [-0.39, 0.29) is 24.4 Å². The van der Waals surface area contributed by atoms with E-state index in [0.29, 0.717) is 17.4 Å². The van der Waals surface area contributed by atoms with Crippen molar-refractivity contribution in [1.29, 1.82) is 0 Å². The van der Waals surface area contributed by atoms with Crippen molar-refractivity contribution in [2.75, 3.05) is 20.8 Å². The molecular weight excluding hydrogens is 312 g/mol.